The third kappa shape index (κ3) is 2.28. The molecule has 0 aliphatic carbocycles. The van der Waals surface area contributed by atoms with E-state index in [1.165, 1.54) is 0 Å². The van der Waals surface area contributed by atoms with Crippen molar-refractivity contribution >= 4 is 0 Å². The maximum Gasteiger partial charge on any atom is 0.204 e. The van der Waals surface area contributed by atoms with E-state index < -0.39 is 69.2 Å². The van der Waals surface area contributed by atoms with Gasteiger partial charge >= 0.3 is 0 Å². The molecular weight excluding hydrogens is 343 g/mol. The summed E-state index contributed by atoms with van der Waals surface area (Å²) < 4.78 is 124. The van der Waals surface area contributed by atoms with Crippen LogP contribution in [-0.2, 0) is 0 Å². The molecule has 0 spiro atoms. The Labute approximate surface area is 121 Å². The van der Waals surface area contributed by atoms with Gasteiger partial charge in [-0.1, -0.05) is 0 Å². The number of halogens is 9. The average molecular weight is 346 g/mol. The van der Waals surface area contributed by atoms with Gasteiger partial charge in [-0.3, -0.25) is 0 Å². The lowest BCUT2D eigenvalue weighted by atomic mass is 10.0. The Hall–Kier alpha value is -2.39. The van der Waals surface area contributed by atoms with E-state index in [-0.39, 0.29) is 0 Å². The van der Waals surface area contributed by atoms with Gasteiger partial charge in [0.15, 0.2) is 40.7 Å². The first-order valence-corrected chi connectivity index (χ1v) is 5.56. The van der Waals surface area contributed by atoms with E-state index in [4.69, 9.17) is 0 Å². The predicted molar refractivity (Wildman–Crippen MR) is 58.1 cm³/mol. The van der Waals surface area contributed by atoms with Crippen molar-refractivity contribution in [3.8, 4) is 16.9 Å². The van der Waals surface area contributed by atoms with Crippen molar-refractivity contribution in [1.29, 1.82) is 0 Å². The molecule has 10 heteroatoms. The highest BCUT2D eigenvalue weighted by atomic mass is 19.2. The van der Waals surface area contributed by atoms with Crippen LogP contribution in [0, 0.1) is 52.4 Å². The first-order valence-electron chi connectivity index (χ1n) is 5.56. The third-order valence-corrected chi connectivity index (χ3v) is 2.89. The van der Waals surface area contributed by atoms with Crippen molar-refractivity contribution in [1.82, 2.24) is 0 Å². The number of rotatable bonds is 2. The molecule has 1 nitrogen and oxygen atoms in total. The minimum Gasteiger partial charge on any atom is -0.493 e. The van der Waals surface area contributed by atoms with E-state index in [0.717, 1.165) is 0 Å². The number of benzene rings is 2. The summed E-state index contributed by atoms with van der Waals surface area (Å²) in [5.41, 5.74) is -3.77. The number of hydrogen-bond donors (Lipinski definition) is 0. The Morgan fingerprint density at radius 3 is 1.13 bits per heavy atom. The van der Waals surface area contributed by atoms with Crippen LogP contribution in [0.3, 0.4) is 0 Å². The highest BCUT2D eigenvalue weighted by molar-refractivity contribution is 5.73. The molecule has 0 heterocycles. The van der Waals surface area contributed by atoms with E-state index in [9.17, 15) is 39.5 Å². The van der Waals surface area contributed by atoms with Crippen LogP contribution >= 0.6 is 0 Å². The van der Waals surface area contributed by atoms with Gasteiger partial charge in [-0.25, -0.2) is 35.1 Å². The average Bonchev–Trinajstić information content (AvgIpc) is 2.54. The van der Waals surface area contributed by atoms with Crippen molar-refractivity contribution in [2.75, 3.05) is 7.11 Å². The lowest BCUT2D eigenvalue weighted by Crippen LogP contribution is -2.09. The SMILES string of the molecule is COc1c(F)c(F)c(F)c(F)c1-c1c(F)c(F)c(F)c(F)c1F. The largest absolute Gasteiger partial charge is 0.493 e. The van der Waals surface area contributed by atoms with Gasteiger partial charge in [0.25, 0.3) is 0 Å². The van der Waals surface area contributed by atoms with E-state index in [0.29, 0.717) is 7.11 Å². The highest BCUT2D eigenvalue weighted by Gasteiger charge is 2.34. The summed E-state index contributed by atoms with van der Waals surface area (Å²) in [5.74, 6) is -23.7. The van der Waals surface area contributed by atoms with Crippen molar-refractivity contribution in [2.24, 2.45) is 0 Å². The van der Waals surface area contributed by atoms with Crippen LogP contribution in [-0.4, -0.2) is 7.11 Å². The summed E-state index contributed by atoms with van der Waals surface area (Å²) in [5, 5.41) is 0. The molecule has 0 atom stereocenters. The van der Waals surface area contributed by atoms with E-state index in [1.807, 2.05) is 0 Å². The summed E-state index contributed by atoms with van der Waals surface area (Å²) in [6.07, 6.45) is 0. The molecule has 0 fully saturated rings. The minimum absolute atomic E-state index is 0.588. The maximum atomic E-state index is 13.8. The summed E-state index contributed by atoms with van der Waals surface area (Å²) in [7, 11) is 0.588. The Morgan fingerprint density at radius 1 is 0.435 bits per heavy atom. The summed E-state index contributed by atoms with van der Waals surface area (Å²) >= 11 is 0. The van der Waals surface area contributed by atoms with Crippen LogP contribution in [0.1, 0.15) is 0 Å². The summed E-state index contributed by atoms with van der Waals surface area (Å²) in [6, 6.07) is 0. The molecule has 2 rings (SSSR count). The highest BCUT2D eigenvalue weighted by Crippen LogP contribution is 2.41. The van der Waals surface area contributed by atoms with Crippen molar-refractivity contribution in [3.63, 3.8) is 0 Å². The standard InChI is InChI=1S/C13H3F9O/c1-23-13-3(6(16)9(19)11(21)12(13)22)2-4(14)7(17)10(20)8(18)5(2)15/h1H3. The number of ether oxygens (including phenoxy) is 1. The molecule has 2 aromatic rings. The molecule has 0 amide bonds. The molecule has 2 aromatic carbocycles. The zero-order valence-corrected chi connectivity index (χ0v) is 10.8. The molecule has 0 aliphatic rings. The molecule has 0 N–H and O–H groups in total. The lowest BCUT2D eigenvalue weighted by Gasteiger charge is -2.14. The Balaban J connectivity index is 3.06. The first-order chi connectivity index (χ1) is 10.6. The van der Waals surface area contributed by atoms with Gasteiger partial charge in [0.05, 0.1) is 18.2 Å². The van der Waals surface area contributed by atoms with Crippen LogP contribution in [0.4, 0.5) is 39.5 Å². The van der Waals surface area contributed by atoms with Crippen molar-refractivity contribution < 1.29 is 44.3 Å². The Kier molecular flexibility index (Phi) is 4.18. The molecule has 0 aromatic heterocycles. The van der Waals surface area contributed by atoms with Crippen molar-refractivity contribution in [3.05, 3.63) is 52.4 Å². The van der Waals surface area contributed by atoms with Gasteiger partial charge in [-0.15, -0.1) is 0 Å². The quantitative estimate of drug-likeness (QED) is 0.438. The number of methoxy groups -OCH3 is 1. The lowest BCUT2D eigenvalue weighted by molar-refractivity contribution is 0.345. The Bertz CT molecular complexity index is 787. The van der Waals surface area contributed by atoms with Gasteiger partial charge in [0.1, 0.15) is 0 Å². The van der Waals surface area contributed by atoms with E-state index >= 15 is 0 Å². The third-order valence-electron chi connectivity index (χ3n) is 2.89. The van der Waals surface area contributed by atoms with Crippen LogP contribution in [0.5, 0.6) is 5.75 Å². The van der Waals surface area contributed by atoms with Gasteiger partial charge < -0.3 is 4.74 Å². The van der Waals surface area contributed by atoms with Crippen LogP contribution in [0.25, 0.3) is 11.1 Å². The molecule has 0 saturated carbocycles. The topological polar surface area (TPSA) is 9.23 Å². The molecule has 0 saturated heterocycles. The van der Waals surface area contributed by atoms with Crippen LogP contribution in [0.2, 0.25) is 0 Å². The second kappa shape index (κ2) is 5.67. The smallest absolute Gasteiger partial charge is 0.204 e. The molecular formula is C13H3F9O. The zero-order valence-electron chi connectivity index (χ0n) is 10.8. The van der Waals surface area contributed by atoms with E-state index in [1.54, 1.807) is 0 Å². The maximum absolute atomic E-state index is 13.8. The monoisotopic (exact) mass is 346 g/mol. The summed E-state index contributed by atoms with van der Waals surface area (Å²) in [6.45, 7) is 0. The van der Waals surface area contributed by atoms with Gasteiger partial charge in [-0.05, 0) is 0 Å². The fourth-order valence-electron chi connectivity index (χ4n) is 1.85. The second-order valence-electron chi connectivity index (χ2n) is 4.11. The fourth-order valence-corrected chi connectivity index (χ4v) is 1.85. The van der Waals surface area contributed by atoms with E-state index in [2.05, 4.69) is 4.74 Å². The Morgan fingerprint density at radius 2 is 0.739 bits per heavy atom. The van der Waals surface area contributed by atoms with Crippen molar-refractivity contribution in [2.45, 2.75) is 0 Å². The first kappa shape index (κ1) is 17.0. The molecule has 124 valence electrons. The van der Waals surface area contributed by atoms with Gasteiger partial charge in [0, 0.05) is 0 Å². The molecule has 0 aliphatic heterocycles. The molecule has 0 radical (unpaired) electrons. The molecule has 23 heavy (non-hydrogen) atoms. The minimum atomic E-state index is -2.56. The fraction of sp³-hybridized carbons (Fsp3) is 0.0769. The number of hydrogen-bond acceptors (Lipinski definition) is 1. The zero-order chi connectivity index (χ0) is 17.6. The second-order valence-corrected chi connectivity index (χ2v) is 4.11. The van der Waals surface area contributed by atoms with Gasteiger partial charge in [0.2, 0.25) is 17.5 Å². The van der Waals surface area contributed by atoms with Gasteiger partial charge in [-0.2, -0.15) is 4.39 Å². The molecule has 0 bridgehead atoms. The van der Waals surface area contributed by atoms with Crippen LogP contribution < -0.4 is 4.74 Å². The van der Waals surface area contributed by atoms with Crippen LogP contribution in [0.15, 0.2) is 0 Å². The molecule has 0 unspecified atom stereocenters. The summed E-state index contributed by atoms with van der Waals surface area (Å²) in [4.78, 5) is 0. The normalized spacial score (nSPS) is 11.0. The predicted octanol–water partition coefficient (Wildman–Crippen LogP) is 4.61.